The summed E-state index contributed by atoms with van der Waals surface area (Å²) in [5.74, 6) is 0.207. The van der Waals surface area contributed by atoms with Crippen LogP contribution >= 0.6 is 28.6 Å². The standard InChI is InChI=1S/C7H6BrNO3S/c1-12-5-3-2-4(8)7(13)6(5)9(10)11/h2-3,13H,1H3. The van der Waals surface area contributed by atoms with E-state index in [-0.39, 0.29) is 16.3 Å². The van der Waals surface area contributed by atoms with Crippen LogP contribution in [0.5, 0.6) is 5.75 Å². The zero-order valence-electron chi connectivity index (χ0n) is 6.65. The number of methoxy groups -OCH3 is 1. The van der Waals surface area contributed by atoms with Crippen molar-refractivity contribution in [2.75, 3.05) is 7.11 Å². The molecule has 0 amide bonds. The molecule has 13 heavy (non-hydrogen) atoms. The summed E-state index contributed by atoms with van der Waals surface area (Å²) >= 11 is 7.15. The first-order valence-corrected chi connectivity index (χ1v) is 4.51. The number of nitro benzene ring substituents is 1. The number of hydrogen-bond acceptors (Lipinski definition) is 4. The van der Waals surface area contributed by atoms with Crippen LogP contribution < -0.4 is 4.74 Å². The second-order valence-electron chi connectivity index (χ2n) is 2.20. The third-order valence-corrected chi connectivity index (χ3v) is 2.89. The average molecular weight is 264 g/mol. The van der Waals surface area contributed by atoms with Crippen molar-refractivity contribution >= 4 is 34.2 Å². The fourth-order valence-corrected chi connectivity index (χ4v) is 1.46. The lowest BCUT2D eigenvalue weighted by atomic mass is 10.3. The number of halogens is 1. The van der Waals surface area contributed by atoms with E-state index in [9.17, 15) is 10.1 Å². The first-order valence-electron chi connectivity index (χ1n) is 3.27. The molecule has 1 rings (SSSR count). The van der Waals surface area contributed by atoms with Crippen LogP contribution in [0.25, 0.3) is 0 Å². The average Bonchev–Trinajstić information content (AvgIpc) is 2.08. The smallest absolute Gasteiger partial charge is 0.325 e. The highest BCUT2D eigenvalue weighted by atomic mass is 79.9. The van der Waals surface area contributed by atoms with Crippen LogP contribution in [-0.4, -0.2) is 12.0 Å². The minimum Gasteiger partial charge on any atom is -0.490 e. The largest absolute Gasteiger partial charge is 0.490 e. The Morgan fingerprint density at radius 2 is 2.23 bits per heavy atom. The first-order chi connectivity index (χ1) is 6.07. The molecule has 0 fully saturated rings. The van der Waals surface area contributed by atoms with Crippen molar-refractivity contribution in [2.24, 2.45) is 0 Å². The van der Waals surface area contributed by atoms with E-state index in [1.165, 1.54) is 13.2 Å². The maximum Gasteiger partial charge on any atom is 0.325 e. The normalized spacial score (nSPS) is 9.77. The van der Waals surface area contributed by atoms with E-state index < -0.39 is 4.92 Å². The summed E-state index contributed by atoms with van der Waals surface area (Å²) in [5.41, 5.74) is -0.125. The predicted octanol–water partition coefficient (Wildman–Crippen LogP) is 2.65. The quantitative estimate of drug-likeness (QED) is 0.507. The van der Waals surface area contributed by atoms with E-state index in [1.54, 1.807) is 6.07 Å². The minimum absolute atomic E-state index is 0.125. The van der Waals surface area contributed by atoms with Gasteiger partial charge in [0.2, 0.25) is 0 Å². The molecule has 0 saturated heterocycles. The van der Waals surface area contributed by atoms with Crippen molar-refractivity contribution in [3.05, 3.63) is 26.7 Å². The van der Waals surface area contributed by atoms with Gasteiger partial charge in [0.05, 0.1) is 12.0 Å². The molecule has 0 aliphatic heterocycles. The van der Waals surface area contributed by atoms with Crippen LogP contribution in [0.15, 0.2) is 21.5 Å². The van der Waals surface area contributed by atoms with E-state index >= 15 is 0 Å². The molecule has 0 radical (unpaired) electrons. The number of benzene rings is 1. The summed E-state index contributed by atoms with van der Waals surface area (Å²) in [7, 11) is 1.38. The van der Waals surface area contributed by atoms with Gasteiger partial charge in [0.15, 0.2) is 5.75 Å². The van der Waals surface area contributed by atoms with E-state index in [2.05, 4.69) is 28.6 Å². The Hall–Kier alpha value is -0.750. The highest BCUT2D eigenvalue weighted by Crippen LogP contribution is 2.37. The van der Waals surface area contributed by atoms with Crippen molar-refractivity contribution in [3.8, 4) is 5.75 Å². The molecule has 1 aromatic carbocycles. The lowest BCUT2D eigenvalue weighted by molar-refractivity contribution is -0.388. The zero-order valence-corrected chi connectivity index (χ0v) is 9.13. The van der Waals surface area contributed by atoms with Gasteiger partial charge in [0, 0.05) is 4.47 Å². The van der Waals surface area contributed by atoms with Crippen LogP contribution in [0.3, 0.4) is 0 Å². The van der Waals surface area contributed by atoms with Gasteiger partial charge < -0.3 is 4.74 Å². The van der Waals surface area contributed by atoms with Crippen LogP contribution in [0.1, 0.15) is 0 Å². The lowest BCUT2D eigenvalue weighted by Gasteiger charge is -2.04. The van der Waals surface area contributed by atoms with Crippen LogP contribution in [0.4, 0.5) is 5.69 Å². The van der Waals surface area contributed by atoms with E-state index in [4.69, 9.17) is 4.74 Å². The lowest BCUT2D eigenvalue weighted by Crippen LogP contribution is -1.95. The summed E-state index contributed by atoms with van der Waals surface area (Å²) in [6, 6.07) is 3.16. The summed E-state index contributed by atoms with van der Waals surface area (Å²) in [5, 5.41) is 10.6. The van der Waals surface area contributed by atoms with E-state index in [0.29, 0.717) is 4.47 Å². The summed E-state index contributed by atoms with van der Waals surface area (Å²) in [6.45, 7) is 0. The Kier molecular flexibility index (Phi) is 3.16. The first kappa shape index (κ1) is 10.3. The van der Waals surface area contributed by atoms with Crippen molar-refractivity contribution in [1.82, 2.24) is 0 Å². The Morgan fingerprint density at radius 3 is 2.69 bits per heavy atom. The van der Waals surface area contributed by atoms with Crippen molar-refractivity contribution in [1.29, 1.82) is 0 Å². The molecule has 0 aliphatic rings. The topological polar surface area (TPSA) is 52.4 Å². The van der Waals surface area contributed by atoms with Gasteiger partial charge in [-0.1, -0.05) is 0 Å². The number of thiol groups is 1. The number of ether oxygens (including phenoxy) is 1. The predicted molar refractivity (Wildman–Crippen MR) is 54.6 cm³/mol. The number of rotatable bonds is 2. The molecule has 0 heterocycles. The molecule has 70 valence electrons. The number of hydrogen-bond donors (Lipinski definition) is 1. The maximum absolute atomic E-state index is 10.6. The molecule has 0 bridgehead atoms. The molecule has 6 heteroatoms. The summed E-state index contributed by atoms with van der Waals surface area (Å²) in [6.07, 6.45) is 0. The Labute approximate surface area is 88.6 Å². The Balaban J connectivity index is 3.41. The third kappa shape index (κ3) is 1.94. The van der Waals surface area contributed by atoms with Gasteiger partial charge in [-0.25, -0.2) is 0 Å². The van der Waals surface area contributed by atoms with Gasteiger partial charge >= 0.3 is 5.69 Å². The number of nitro groups is 1. The van der Waals surface area contributed by atoms with Crippen LogP contribution in [0.2, 0.25) is 0 Å². The molecular weight excluding hydrogens is 258 g/mol. The van der Waals surface area contributed by atoms with Crippen molar-refractivity contribution in [2.45, 2.75) is 4.90 Å². The molecule has 0 aliphatic carbocycles. The van der Waals surface area contributed by atoms with E-state index in [1.807, 2.05) is 0 Å². The zero-order chi connectivity index (χ0) is 10.0. The maximum atomic E-state index is 10.6. The monoisotopic (exact) mass is 263 g/mol. The molecule has 0 spiro atoms. The number of nitrogens with zero attached hydrogens (tertiary/aromatic N) is 1. The molecule has 1 aromatic rings. The van der Waals surface area contributed by atoms with Gasteiger partial charge in [-0.05, 0) is 28.1 Å². The molecule has 0 unspecified atom stereocenters. The molecular formula is C7H6BrNO3S. The minimum atomic E-state index is -0.522. The highest BCUT2D eigenvalue weighted by molar-refractivity contribution is 9.10. The molecule has 0 aromatic heterocycles. The van der Waals surface area contributed by atoms with Crippen LogP contribution in [0, 0.1) is 10.1 Å². The second kappa shape index (κ2) is 3.97. The van der Waals surface area contributed by atoms with Crippen molar-refractivity contribution in [3.63, 3.8) is 0 Å². The summed E-state index contributed by atoms with van der Waals surface area (Å²) < 4.78 is 5.40. The van der Waals surface area contributed by atoms with Gasteiger partial charge in [-0.2, -0.15) is 0 Å². The van der Waals surface area contributed by atoms with Gasteiger partial charge in [0.25, 0.3) is 0 Å². The van der Waals surface area contributed by atoms with Gasteiger partial charge in [0.1, 0.15) is 4.90 Å². The second-order valence-corrected chi connectivity index (χ2v) is 3.51. The molecule has 0 N–H and O–H groups in total. The SMILES string of the molecule is COc1ccc(Br)c(S)c1[N+](=O)[O-]. The fourth-order valence-electron chi connectivity index (χ4n) is 0.878. The highest BCUT2D eigenvalue weighted by Gasteiger charge is 2.20. The molecule has 4 nitrogen and oxygen atoms in total. The van der Waals surface area contributed by atoms with Gasteiger partial charge in [-0.15, -0.1) is 12.6 Å². The third-order valence-electron chi connectivity index (χ3n) is 1.47. The van der Waals surface area contributed by atoms with E-state index in [0.717, 1.165) is 0 Å². The molecule has 0 saturated carbocycles. The fraction of sp³-hybridized carbons (Fsp3) is 0.143. The summed E-state index contributed by atoms with van der Waals surface area (Å²) in [4.78, 5) is 10.4. The Morgan fingerprint density at radius 1 is 1.62 bits per heavy atom. The van der Waals surface area contributed by atoms with Crippen molar-refractivity contribution < 1.29 is 9.66 Å². The Bertz CT molecular complexity index is 356. The van der Waals surface area contributed by atoms with Crippen LogP contribution in [-0.2, 0) is 0 Å². The van der Waals surface area contributed by atoms with Gasteiger partial charge in [-0.3, -0.25) is 10.1 Å². The molecule has 0 atom stereocenters.